The van der Waals surface area contributed by atoms with Gasteiger partial charge in [0, 0.05) is 11.9 Å². The molecule has 0 aliphatic rings. The summed E-state index contributed by atoms with van der Waals surface area (Å²) in [7, 11) is 0. The highest BCUT2D eigenvalue weighted by molar-refractivity contribution is 7.22. The number of fused-ring (bicyclic) bond motifs is 1. The summed E-state index contributed by atoms with van der Waals surface area (Å²) in [6.07, 6.45) is 1.11. The number of nitrogens with one attached hydrogen (secondary N) is 2. The van der Waals surface area contributed by atoms with Crippen molar-refractivity contribution in [1.29, 1.82) is 0 Å². The second-order valence-electron chi connectivity index (χ2n) is 4.62. The number of halogens is 1. The maximum atomic E-state index is 13.5. The highest BCUT2D eigenvalue weighted by Crippen LogP contribution is 2.26. The minimum Gasteiger partial charge on any atom is -0.477 e. The predicted molar refractivity (Wildman–Crippen MR) is 81.6 cm³/mol. The van der Waals surface area contributed by atoms with Gasteiger partial charge < -0.3 is 15.4 Å². The molecule has 1 aromatic carbocycles. The van der Waals surface area contributed by atoms with Gasteiger partial charge >= 0.3 is 5.97 Å². The number of hydrogen-bond donors (Lipinski definition) is 3. The summed E-state index contributed by atoms with van der Waals surface area (Å²) in [6, 6.07) is 4.64. The van der Waals surface area contributed by atoms with Crippen LogP contribution in [0.2, 0.25) is 0 Å². The van der Waals surface area contributed by atoms with E-state index in [-0.39, 0.29) is 21.7 Å². The lowest BCUT2D eigenvalue weighted by Gasteiger charge is -2.03. The summed E-state index contributed by atoms with van der Waals surface area (Å²) in [4.78, 5) is 29.8. The molecule has 0 spiro atoms. The van der Waals surface area contributed by atoms with E-state index in [0.717, 1.165) is 17.5 Å². The topological polar surface area (TPSA) is 95.1 Å². The summed E-state index contributed by atoms with van der Waals surface area (Å²) in [5, 5.41) is 12.2. The first-order chi connectivity index (χ1) is 10.5. The van der Waals surface area contributed by atoms with Gasteiger partial charge in [-0.1, -0.05) is 17.4 Å². The van der Waals surface area contributed by atoms with Gasteiger partial charge in [0.1, 0.15) is 16.1 Å². The molecule has 0 amide bonds. The summed E-state index contributed by atoms with van der Waals surface area (Å²) in [5.41, 5.74) is 0.366. The summed E-state index contributed by atoms with van der Waals surface area (Å²) >= 11 is 1.01. The lowest BCUT2D eigenvalue weighted by molar-refractivity contribution is 0.0695. The minimum absolute atomic E-state index is 0.204. The fraction of sp³-hybridized carbons (Fsp3) is 0.0714. The molecule has 0 bridgehead atoms. The van der Waals surface area contributed by atoms with E-state index >= 15 is 0 Å². The zero-order chi connectivity index (χ0) is 15.9. The zero-order valence-electron chi connectivity index (χ0n) is 11.3. The molecular formula is C14H10FN3O3S. The first-order valence-corrected chi connectivity index (χ1v) is 7.06. The van der Waals surface area contributed by atoms with Crippen molar-refractivity contribution in [3.8, 4) is 0 Å². The molecule has 0 atom stereocenters. The number of carboxylic acid groups (broad SMARTS) is 1. The van der Waals surface area contributed by atoms with E-state index in [1.165, 1.54) is 6.07 Å². The second kappa shape index (κ2) is 5.23. The zero-order valence-corrected chi connectivity index (χ0v) is 12.1. The quantitative estimate of drug-likeness (QED) is 0.690. The Morgan fingerprint density at radius 3 is 2.91 bits per heavy atom. The maximum absolute atomic E-state index is 13.5. The number of aryl methyl sites for hydroxylation is 1. The summed E-state index contributed by atoms with van der Waals surface area (Å²) in [5.74, 6) is -1.65. The molecule has 0 radical (unpaired) electrons. The molecule has 2 aromatic heterocycles. The standard InChI is InChI=1S/C14H10FN3O3S/c1-6-2-3-7(4-9(6)15)17-14-18-12-11(22-14)10(19)8(5-16-12)13(20)21/h2-5H,1H3,(H,20,21)(H2,16,17,18,19). The van der Waals surface area contributed by atoms with Crippen molar-refractivity contribution in [2.45, 2.75) is 6.92 Å². The number of pyridine rings is 1. The predicted octanol–water partition coefficient (Wildman–Crippen LogP) is 2.87. The molecule has 0 fully saturated rings. The fourth-order valence-electron chi connectivity index (χ4n) is 1.91. The third-order valence-corrected chi connectivity index (χ3v) is 4.05. The van der Waals surface area contributed by atoms with Gasteiger partial charge in [-0.3, -0.25) is 4.79 Å². The van der Waals surface area contributed by atoms with Crippen LogP contribution in [0.4, 0.5) is 15.2 Å². The number of aromatic carboxylic acids is 1. The number of anilines is 2. The molecule has 0 aliphatic carbocycles. The maximum Gasteiger partial charge on any atom is 0.341 e. The van der Waals surface area contributed by atoms with Gasteiger partial charge in [0.15, 0.2) is 10.8 Å². The van der Waals surface area contributed by atoms with Crippen molar-refractivity contribution in [2.24, 2.45) is 0 Å². The van der Waals surface area contributed by atoms with Crippen molar-refractivity contribution >= 4 is 38.5 Å². The Morgan fingerprint density at radius 2 is 2.23 bits per heavy atom. The van der Waals surface area contributed by atoms with Crippen LogP contribution in [-0.4, -0.2) is 21.0 Å². The molecule has 0 saturated heterocycles. The van der Waals surface area contributed by atoms with Gasteiger partial charge in [0.2, 0.25) is 5.43 Å². The number of carboxylic acids is 1. The molecule has 6 nitrogen and oxygen atoms in total. The number of H-pyrrole nitrogens is 1. The Bertz CT molecular complexity index is 948. The first-order valence-electron chi connectivity index (χ1n) is 6.24. The number of aromatic nitrogens is 2. The van der Waals surface area contributed by atoms with Crippen LogP contribution in [0, 0.1) is 12.7 Å². The second-order valence-corrected chi connectivity index (χ2v) is 5.62. The Morgan fingerprint density at radius 1 is 1.45 bits per heavy atom. The molecule has 112 valence electrons. The molecule has 8 heteroatoms. The van der Waals surface area contributed by atoms with Gasteiger partial charge in [0.25, 0.3) is 0 Å². The van der Waals surface area contributed by atoms with E-state index in [1.54, 1.807) is 19.1 Å². The Kier molecular flexibility index (Phi) is 3.38. The molecule has 0 aliphatic heterocycles. The van der Waals surface area contributed by atoms with E-state index in [2.05, 4.69) is 15.3 Å². The third kappa shape index (κ3) is 2.44. The monoisotopic (exact) mass is 319 g/mol. The SMILES string of the molecule is Cc1ccc(Nc2nc3[nH]cc(C(=O)O)c(=O)c3s2)cc1F. The Labute approximate surface area is 127 Å². The molecule has 3 N–H and O–H groups in total. The van der Waals surface area contributed by atoms with E-state index < -0.39 is 11.4 Å². The Hall–Kier alpha value is -2.74. The first kappa shape index (κ1) is 14.2. The smallest absolute Gasteiger partial charge is 0.341 e. The van der Waals surface area contributed by atoms with Crippen molar-refractivity contribution in [3.63, 3.8) is 0 Å². The summed E-state index contributed by atoms with van der Waals surface area (Å²) < 4.78 is 13.7. The largest absolute Gasteiger partial charge is 0.477 e. The van der Waals surface area contributed by atoms with Crippen LogP contribution in [0.1, 0.15) is 15.9 Å². The van der Waals surface area contributed by atoms with Gasteiger partial charge in [-0.2, -0.15) is 0 Å². The van der Waals surface area contributed by atoms with Crippen LogP contribution in [0.3, 0.4) is 0 Å². The number of thiazole rings is 1. The molecule has 0 saturated carbocycles. The average molecular weight is 319 g/mol. The molecule has 22 heavy (non-hydrogen) atoms. The lowest BCUT2D eigenvalue weighted by atomic mass is 10.2. The molecule has 2 heterocycles. The van der Waals surface area contributed by atoms with E-state index in [0.29, 0.717) is 16.4 Å². The molecule has 3 rings (SSSR count). The van der Waals surface area contributed by atoms with Crippen molar-refractivity contribution in [2.75, 3.05) is 5.32 Å². The lowest BCUT2D eigenvalue weighted by Crippen LogP contribution is -2.14. The average Bonchev–Trinajstić information content (AvgIpc) is 2.86. The number of aromatic amines is 1. The number of nitrogens with zero attached hydrogens (tertiary/aromatic N) is 1. The number of rotatable bonds is 3. The minimum atomic E-state index is -1.30. The summed E-state index contributed by atoms with van der Waals surface area (Å²) in [6.45, 7) is 1.66. The van der Waals surface area contributed by atoms with Gasteiger partial charge in [-0.05, 0) is 24.6 Å². The van der Waals surface area contributed by atoms with Crippen molar-refractivity contribution in [1.82, 2.24) is 9.97 Å². The number of benzene rings is 1. The van der Waals surface area contributed by atoms with E-state index in [4.69, 9.17) is 5.11 Å². The van der Waals surface area contributed by atoms with Crippen LogP contribution in [-0.2, 0) is 0 Å². The van der Waals surface area contributed by atoms with Crippen LogP contribution in [0.25, 0.3) is 10.3 Å². The molecular weight excluding hydrogens is 309 g/mol. The van der Waals surface area contributed by atoms with Crippen molar-refractivity contribution in [3.05, 3.63) is 51.6 Å². The number of hydrogen-bond acceptors (Lipinski definition) is 5. The number of carbonyl (C=O) groups is 1. The van der Waals surface area contributed by atoms with E-state index in [9.17, 15) is 14.0 Å². The highest BCUT2D eigenvalue weighted by atomic mass is 32.1. The van der Waals surface area contributed by atoms with Crippen LogP contribution < -0.4 is 10.7 Å². The van der Waals surface area contributed by atoms with Gasteiger partial charge in [-0.15, -0.1) is 0 Å². The Balaban J connectivity index is 2.02. The fourth-order valence-corrected chi connectivity index (χ4v) is 2.81. The molecule has 3 aromatic rings. The van der Waals surface area contributed by atoms with E-state index in [1.807, 2.05) is 0 Å². The normalized spacial score (nSPS) is 10.8. The molecule has 0 unspecified atom stereocenters. The van der Waals surface area contributed by atoms with Crippen molar-refractivity contribution < 1.29 is 14.3 Å². The van der Waals surface area contributed by atoms with Gasteiger partial charge in [0.05, 0.1) is 0 Å². The van der Waals surface area contributed by atoms with Crippen LogP contribution >= 0.6 is 11.3 Å². The van der Waals surface area contributed by atoms with Crippen LogP contribution in [0.5, 0.6) is 0 Å². The van der Waals surface area contributed by atoms with Gasteiger partial charge in [-0.25, -0.2) is 14.2 Å². The highest BCUT2D eigenvalue weighted by Gasteiger charge is 2.15. The third-order valence-electron chi connectivity index (χ3n) is 3.08. The van der Waals surface area contributed by atoms with Crippen LogP contribution in [0.15, 0.2) is 29.2 Å².